The molecule has 1 N–H and O–H groups in total. The van der Waals surface area contributed by atoms with Gasteiger partial charge in [0.05, 0.1) is 18.8 Å². The predicted molar refractivity (Wildman–Crippen MR) is 77.7 cm³/mol. The van der Waals surface area contributed by atoms with E-state index in [-0.39, 0.29) is 18.6 Å². The summed E-state index contributed by atoms with van der Waals surface area (Å²) < 4.78 is 10.7. The zero-order valence-electron chi connectivity index (χ0n) is 11.5. The van der Waals surface area contributed by atoms with Crippen molar-refractivity contribution in [2.75, 3.05) is 19.8 Å². The monoisotopic (exact) mass is 308 g/mol. The van der Waals surface area contributed by atoms with E-state index in [9.17, 15) is 4.79 Å². The van der Waals surface area contributed by atoms with Gasteiger partial charge in [-0.25, -0.2) is 0 Å². The number of rotatable bonds is 6. The van der Waals surface area contributed by atoms with Gasteiger partial charge in [-0.05, 0) is 30.5 Å². The highest BCUT2D eigenvalue weighted by Crippen LogP contribution is 2.17. The number of nitrogens with zero attached hydrogens (tertiary/aromatic N) is 1. The summed E-state index contributed by atoms with van der Waals surface area (Å²) in [5, 5.41) is 12.3. The topological polar surface area (TPSA) is 71.4 Å². The first-order valence-electron chi connectivity index (χ1n) is 6.83. The molecule has 1 saturated heterocycles. The number of nitrogens with one attached hydrogen (secondary N) is 1. The van der Waals surface area contributed by atoms with E-state index in [1.165, 1.54) is 0 Å². The second-order valence-electron chi connectivity index (χ2n) is 4.83. The van der Waals surface area contributed by atoms with Crippen molar-refractivity contribution in [1.82, 2.24) is 5.32 Å². The molecule has 1 aromatic rings. The Morgan fingerprint density at radius 3 is 3.14 bits per heavy atom. The van der Waals surface area contributed by atoms with Crippen molar-refractivity contribution in [3.63, 3.8) is 0 Å². The number of amides is 1. The van der Waals surface area contributed by atoms with Crippen LogP contribution in [-0.4, -0.2) is 31.8 Å². The van der Waals surface area contributed by atoms with Crippen LogP contribution in [0.25, 0.3) is 0 Å². The van der Waals surface area contributed by atoms with Gasteiger partial charge in [0.2, 0.25) is 5.91 Å². The second kappa shape index (κ2) is 7.99. The fourth-order valence-corrected chi connectivity index (χ4v) is 2.34. The van der Waals surface area contributed by atoms with Crippen molar-refractivity contribution >= 4 is 17.5 Å². The SMILES string of the molecule is N#C[C@@H](NC(=O)COC[C@@H]1CCCO1)c1cccc(Cl)c1. The molecule has 1 heterocycles. The average molecular weight is 309 g/mol. The van der Waals surface area contributed by atoms with Gasteiger partial charge in [0.15, 0.2) is 0 Å². The van der Waals surface area contributed by atoms with Gasteiger partial charge in [0.1, 0.15) is 12.6 Å². The standard InChI is InChI=1S/C15H17ClN2O3/c16-12-4-1-3-11(7-12)14(8-17)18-15(19)10-20-9-13-5-2-6-21-13/h1,3-4,7,13-14H,2,5-6,9-10H2,(H,18,19)/t13-,14+/m0/s1. The molecule has 0 spiro atoms. The normalized spacial score (nSPS) is 19.0. The molecule has 1 aromatic carbocycles. The maximum atomic E-state index is 11.8. The molecular weight excluding hydrogens is 292 g/mol. The molecule has 1 aliphatic rings. The van der Waals surface area contributed by atoms with Gasteiger partial charge in [0.25, 0.3) is 0 Å². The van der Waals surface area contributed by atoms with Crippen molar-refractivity contribution in [3.8, 4) is 6.07 Å². The van der Waals surface area contributed by atoms with E-state index in [1.807, 2.05) is 6.07 Å². The van der Waals surface area contributed by atoms with Crippen molar-refractivity contribution in [2.24, 2.45) is 0 Å². The van der Waals surface area contributed by atoms with Gasteiger partial charge in [-0.1, -0.05) is 23.7 Å². The minimum absolute atomic E-state index is 0.0810. The lowest BCUT2D eigenvalue weighted by molar-refractivity contribution is -0.127. The second-order valence-corrected chi connectivity index (χ2v) is 5.27. The Morgan fingerprint density at radius 2 is 2.48 bits per heavy atom. The fourth-order valence-electron chi connectivity index (χ4n) is 2.14. The molecule has 0 bridgehead atoms. The maximum Gasteiger partial charge on any atom is 0.247 e. The number of carbonyl (C=O) groups is 1. The van der Waals surface area contributed by atoms with Crippen LogP contribution < -0.4 is 5.32 Å². The Morgan fingerprint density at radius 1 is 1.62 bits per heavy atom. The van der Waals surface area contributed by atoms with Gasteiger partial charge >= 0.3 is 0 Å². The van der Waals surface area contributed by atoms with E-state index >= 15 is 0 Å². The largest absolute Gasteiger partial charge is 0.376 e. The van der Waals surface area contributed by atoms with Crippen LogP contribution in [0, 0.1) is 11.3 Å². The van der Waals surface area contributed by atoms with Crippen LogP contribution in [-0.2, 0) is 14.3 Å². The molecule has 1 amide bonds. The molecule has 5 nitrogen and oxygen atoms in total. The Balaban J connectivity index is 1.78. The minimum Gasteiger partial charge on any atom is -0.376 e. The molecule has 21 heavy (non-hydrogen) atoms. The molecule has 6 heteroatoms. The molecule has 112 valence electrons. The number of halogens is 1. The summed E-state index contributed by atoms with van der Waals surface area (Å²) in [5.41, 5.74) is 0.650. The van der Waals surface area contributed by atoms with Crippen molar-refractivity contribution in [2.45, 2.75) is 25.0 Å². The lowest BCUT2D eigenvalue weighted by Crippen LogP contribution is -2.32. The maximum absolute atomic E-state index is 11.8. The summed E-state index contributed by atoms with van der Waals surface area (Å²) in [4.78, 5) is 11.8. The van der Waals surface area contributed by atoms with Crippen LogP contribution in [0.1, 0.15) is 24.4 Å². The third kappa shape index (κ3) is 5.01. The summed E-state index contributed by atoms with van der Waals surface area (Å²) in [5.74, 6) is -0.334. The fraction of sp³-hybridized carbons (Fsp3) is 0.467. The van der Waals surface area contributed by atoms with Gasteiger partial charge in [-0.15, -0.1) is 0 Å². The summed E-state index contributed by atoms with van der Waals surface area (Å²) >= 11 is 5.88. The van der Waals surface area contributed by atoms with Crippen LogP contribution in [0.4, 0.5) is 0 Å². The third-order valence-electron chi connectivity index (χ3n) is 3.18. The lowest BCUT2D eigenvalue weighted by atomic mass is 10.1. The van der Waals surface area contributed by atoms with Gasteiger partial charge in [-0.2, -0.15) is 5.26 Å². The smallest absolute Gasteiger partial charge is 0.247 e. The Labute approximate surface area is 128 Å². The number of nitriles is 1. The number of carbonyl (C=O) groups excluding carboxylic acids is 1. The molecule has 1 aliphatic heterocycles. The third-order valence-corrected chi connectivity index (χ3v) is 3.41. The number of ether oxygens (including phenoxy) is 2. The van der Waals surface area contributed by atoms with Crippen LogP contribution in [0.5, 0.6) is 0 Å². The molecule has 0 radical (unpaired) electrons. The van der Waals surface area contributed by atoms with Crippen LogP contribution >= 0.6 is 11.6 Å². The van der Waals surface area contributed by atoms with Crippen LogP contribution in [0.3, 0.4) is 0 Å². The molecule has 0 saturated carbocycles. The molecular formula is C15H17ClN2O3. The predicted octanol–water partition coefficient (Wildman–Crippen LogP) is 2.22. The first kappa shape index (κ1) is 15.8. The molecule has 0 aromatic heterocycles. The Bertz CT molecular complexity index is 524. The molecule has 0 aliphatic carbocycles. The van der Waals surface area contributed by atoms with Crippen molar-refractivity contribution < 1.29 is 14.3 Å². The van der Waals surface area contributed by atoms with E-state index in [2.05, 4.69) is 5.32 Å². The summed E-state index contributed by atoms with van der Waals surface area (Å²) in [7, 11) is 0. The van der Waals surface area contributed by atoms with E-state index in [4.69, 9.17) is 26.3 Å². The first-order chi connectivity index (χ1) is 10.2. The number of hydrogen-bond donors (Lipinski definition) is 1. The average Bonchev–Trinajstić information content (AvgIpc) is 2.98. The van der Waals surface area contributed by atoms with Crippen molar-refractivity contribution in [3.05, 3.63) is 34.9 Å². The highest BCUT2D eigenvalue weighted by Gasteiger charge is 2.17. The van der Waals surface area contributed by atoms with Crippen molar-refractivity contribution in [1.29, 1.82) is 5.26 Å². The van der Waals surface area contributed by atoms with E-state index in [1.54, 1.807) is 24.3 Å². The van der Waals surface area contributed by atoms with E-state index < -0.39 is 6.04 Å². The molecule has 0 unspecified atom stereocenters. The van der Waals surface area contributed by atoms with E-state index in [0.29, 0.717) is 17.2 Å². The zero-order valence-corrected chi connectivity index (χ0v) is 12.3. The van der Waals surface area contributed by atoms with Gasteiger partial charge in [0, 0.05) is 11.6 Å². The summed E-state index contributed by atoms with van der Waals surface area (Å²) in [6, 6.07) is 8.15. The molecule has 1 fully saturated rings. The zero-order chi connectivity index (χ0) is 15.1. The van der Waals surface area contributed by atoms with Crippen LogP contribution in [0.2, 0.25) is 5.02 Å². The summed E-state index contributed by atoms with van der Waals surface area (Å²) in [6.45, 7) is 1.08. The minimum atomic E-state index is -0.734. The molecule has 2 rings (SSSR count). The van der Waals surface area contributed by atoms with Gasteiger partial charge in [-0.3, -0.25) is 4.79 Å². The summed E-state index contributed by atoms with van der Waals surface area (Å²) in [6.07, 6.45) is 2.08. The molecule has 2 atom stereocenters. The highest BCUT2D eigenvalue weighted by atomic mass is 35.5. The number of benzene rings is 1. The highest BCUT2D eigenvalue weighted by molar-refractivity contribution is 6.30. The Kier molecular flexibility index (Phi) is 6.00. The lowest BCUT2D eigenvalue weighted by Gasteiger charge is -2.13. The van der Waals surface area contributed by atoms with Crippen LogP contribution in [0.15, 0.2) is 24.3 Å². The first-order valence-corrected chi connectivity index (χ1v) is 7.20. The Hall–Kier alpha value is -1.61. The van der Waals surface area contributed by atoms with Gasteiger partial charge < -0.3 is 14.8 Å². The number of hydrogen-bond acceptors (Lipinski definition) is 4. The quantitative estimate of drug-likeness (QED) is 0.874. The van der Waals surface area contributed by atoms with E-state index in [0.717, 1.165) is 19.4 Å².